The second-order valence-corrected chi connectivity index (χ2v) is 9.54. The van der Waals surface area contributed by atoms with Crippen LogP contribution < -0.4 is 5.32 Å². The molecule has 0 radical (unpaired) electrons. The van der Waals surface area contributed by atoms with Crippen LogP contribution in [-0.2, 0) is 6.42 Å². The van der Waals surface area contributed by atoms with E-state index in [9.17, 15) is 14.3 Å². The number of carbonyl (C=O) groups is 1. The fourth-order valence-electron chi connectivity index (χ4n) is 4.64. The summed E-state index contributed by atoms with van der Waals surface area (Å²) in [4.78, 5) is 23.8. The summed E-state index contributed by atoms with van der Waals surface area (Å²) in [5.74, 6) is -1.52. The second kappa shape index (κ2) is 11.4. The number of likely N-dealkylation sites (tertiary alicyclic amines) is 1. The van der Waals surface area contributed by atoms with E-state index >= 15 is 0 Å². The van der Waals surface area contributed by atoms with E-state index in [4.69, 9.17) is 11.6 Å². The molecule has 3 heterocycles. The molecule has 6 nitrogen and oxygen atoms in total. The van der Waals surface area contributed by atoms with Crippen molar-refractivity contribution in [3.05, 3.63) is 77.0 Å². The zero-order chi connectivity index (χ0) is 25.2. The van der Waals surface area contributed by atoms with Gasteiger partial charge in [-0.25, -0.2) is 4.39 Å². The minimum Gasteiger partial charge on any atom is -0.504 e. The average Bonchev–Trinajstić information content (AvgIpc) is 3.39. The molecule has 4 aromatic rings. The second-order valence-electron chi connectivity index (χ2n) is 9.13. The highest BCUT2D eigenvalue weighted by Crippen LogP contribution is 2.36. The molecule has 0 atom stereocenters. The van der Waals surface area contributed by atoms with E-state index in [0.29, 0.717) is 33.3 Å². The van der Waals surface area contributed by atoms with Crippen LogP contribution in [-0.4, -0.2) is 45.4 Å². The normalized spacial score (nSPS) is 13.5. The average molecular weight is 541 g/mol. The summed E-state index contributed by atoms with van der Waals surface area (Å²) in [7, 11) is 0. The van der Waals surface area contributed by atoms with Gasteiger partial charge in [-0.3, -0.25) is 14.8 Å². The van der Waals surface area contributed by atoms with Crippen molar-refractivity contribution in [2.45, 2.75) is 26.2 Å². The lowest BCUT2D eigenvalue weighted by atomic mass is 10.00. The molecule has 0 unspecified atom stereocenters. The van der Waals surface area contributed by atoms with Gasteiger partial charge in [-0.15, -0.1) is 12.4 Å². The van der Waals surface area contributed by atoms with Gasteiger partial charge in [0.2, 0.25) is 0 Å². The molecule has 192 valence electrons. The summed E-state index contributed by atoms with van der Waals surface area (Å²) in [6.07, 6.45) is 8.58. The number of hydrogen-bond acceptors (Lipinski definition) is 6. The molecule has 1 aliphatic heterocycles. The standard InChI is InChI=1S/C28H26ClFN4O2.ClH/c1-17(35)23-16-32-26-5-4-19(20-12-24(29)28(36)25(30)13-20)11-22(26)27(23)33-21-10-18(14-31-15-21)6-9-34-7-2-3-8-34;/h4-5,10-16,36H,2-3,6-9H2,1H3,(H,32,33);1H. The summed E-state index contributed by atoms with van der Waals surface area (Å²) in [5, 5.41) is 13.7. The smallest absolute Gasteiger partial charge is 0.170 e. The van der Waals surface area contributed by atoms with Gasteiger partial charge in [0.25, 0.3) is 0 Å². The van der Waals surface area contributed by atoms with Gasteiger partial charge >= 0.3 is 0 Å². The number of halogens is 3. The van der Waals surface area contributed by atoms with Gasteiger partial charge in [0.15, 0.2) is 17.3 Å². The first kappa shape index (κ1) is 26.8. The lowest BCUT2D eigenvalue weighted by Gasteiger charge is -2.16. The summed E-state index contributed by atoms with van der Waals surface area (Å²) in [6, 6.07) is 10.2. The monoisotopic (exact) mass is 540 g/mol. The van der Waals surface area contributed by atoms with Crippen molar-refractivity contribution in [2.75, 3.05) is 25.0 Å². The van der Waals surface area contributed by atoms with Gasteiger partial charge in [-0.2, -0.15) is 0 Å². The van der Waals surface area contributed by atoms with E-state index in [2.05, 4.69) is 26.3 Å². The minimum atomic E-state index is -0.802. The van der Waals surface area contributed by atoms with Gasteiger partial charge in [-0.1, -0.05) is 17.7 Å². The number of pyridine rings is 2. The first-order chi connectivity index (χ1) is 17.4. The zero-order valence-corrected chi connectivity index (χ0v) is 21.9. The van der Waals surface area contributed by atoms with Crippen LogP contribution >= 0.6 is 24.0 Å². The van der Waals surface area contributed by atoms with Gasteiger partial charge in [-0.05, 0) is 86.3 Å². The van der Waals surface area contributed by atoms with Gasteiger partial charge in [0.1, 0.15) is 0 Å². The number of fused-ring (bicyclic) bond motifs is 1. The zero-order valence-electron chi connectivity index (χ0n) is 20.3. The highest BCUT2D eigenvalue weighted by atomic mass is 35.5. The third-order valence-electron chi connectivity index (χ3n) is 6.58. The third kappa shape index (κ3) is 5.85. The maximum Gasteiger partial charge on any atom is 0.170 e. The van der Waals surface area contributed by atoms with Crippen molar-refractivity contribution in [3.8, 4) is 16.9 Å². The van der Waals surface area contributed by atoms with E-state index in [1.54, 1.807) is 18.5 Å². The quantitative estimate of drug-likeness (QED) is 0.251. The summed E-state index contributed by atoms with van der Waals surface area (Å²) >= 11 is 6.01. The number of benzene rings is 2. The molecule has 2 aromatic carbocycles. The van der Waals surface area contributed by atoms with Gasteiger partial charge < -0.3 is 15.3 Å². The Bertz CT molecular complexity index is 1430. The number of rotatable bonds is 7. The number of aromatic hydroxyl groups is 1. The molecule has 37 heavy (non-hydrogen) atoms. The van der Waals surface area contributed by atoms with Crippen LogP contribution in [0, 0.1) is 5.82 Å². The van der Waals surface area contributed by atoms with E-state index < -0.39 is 11.6 Å². The molecule has 0 bridgehead atoms. The Labute approximate surface area is 225 Å². The molecule has 2 N–H and O–H groups in total. The van der Waals surface area contributed by atoms with Crippen LogP contribution in [0.3, 0.4) is 0 Å². The third-order valence-corrected chi connectivity index (χ3v) is 6.87. The predicted molar refractivity (Wildman–Crippen MR) is 148 cm³/mol. The Morgan fingerprint density at radius 2 is 1.89 bits per heavy atom. The molecule has 1 saturated heterocycles. The molecular weight excluding hydrogens is 514 g/mol. The van der Waals surface area contributed by atoms with Crippen molar-refractivity contribution in [1.29, 1.82) is 0 Å². The van der Waals surface area contributed by atoms with Crippen LogP contribution in [0.2, 0.25) is 5.02 Å². The molecule has 9 heteroatoms. The Morgan fingerprint density at radius 3 is 2.62 bits per heavy atom. The molecule has 0 amide bonds. The van der Waals surface area contributed by atoms with Crippen molar-refractivity contribution in [2.24, 2.45) is 0 Å². The van der Waals surface area contributed by atoms with Crippen LogP contribution in [0.1, 0.15) is 35.7 Å². The summed E-state index contributed by atoms with van der Waals surface area (Å²) in [5.41, 5.74) is 4.79. The van der Waals surface area contributed by atoms with E-state index in [0.717, 1.165) is 37.3 Å². The number of phenolic OH excluding ortho intramolecular Hbond substituents is 1. The number of phenols is 1. The molecule has 5 rings (SSSR count). The fourth-order valence-corrected chi connectivity index (χ4v) is 4.84. The Balaban J connectivity index is 0.00000320. The van der Waals surface area contributed by atoms with Crippen LogP contribution in [0.4, 0.5) is 15.8 Å². The molecule has 2 aromatic heterocycles. The molecule has 0 spiro atoms. The van der Waals surface area contributed by atoms with Crippen molar-refractivity contribution < 1.29 is 14.3 Å². The lowest BCUT2D eigenvalue weighted by molar-refractivity contribution is 0.101. The van der Waals surface area contributed by atoms with Crippen molar-refractivity contribution in [1.82, 2.24) is 14.9 Å². The molecule has 0 aliphatic carbocycles. The minimum absolute atomic E-state index is 0. The number of nitrogens with zero attached hydrogens (tertiary/aromatic N) is 3. The largest absolute Gasteiger partial charge is 0.504 e. The number of carbonyl (C=O) groups excluding carboxylic acids is 1. The van der Waals surface area contributed by atoms with Crippen LogP contribution in [0.15, 0.2) is 55.0 Å². The van der Waals surface area contributed by atoms with E-state index in [1.165, 1.54) is 31.9 Å². The molecule has 0 saturated carbocycles. The Hall–Kier alpha value is -3.26. The molecule has 1 fully saturated rings. The number of nitrogens with one attached hydrogen (secondary N) is 1. The number of ketones is 1. The first-order valence-electron chi connectivity index (χ1n) is 11.9. The SMILES string of the molecule is CC(=O)c1cnc2ccc(-c3cc(F)c(O)c(Cl)c3)cc2c1Nc1cncc(CCN2CCCC2)c1.Cl. The number of anilines is 2. The Kier molecular flexibility index (Phi) is 8.27. The van der Waals surface area contributed by atoms with Crippen molar-refractivity contribution >= 4 is 52.1 Å². The van der Waals surface area contributed by atoms with Gasteiger partial charge in [0, 0.05) is 24.3 Å². The molecule has 1 aliphatic rings. The number of hydrogen-bond donors (Lipinski definition) is 2. The fraction of sp³-hybridized carbons (Fsp3) is 0.250. The maximum absolute atomic E-state index is 14.2. The summed E-state index contributed by atoms with van der Waals surface area (Å²) < 4.78 is 14.2. The number of aromatic nitrogens is 2. The van der Waals surface area contributed by atoms with E-state index in [1.807, 2.05) is 18.3 Å². The predicted octanol–water partition coefficient (Wildman–Crippen LogP) is 6.80. The molecular formula is C28H27Cl2FN4O2. The van der Waals surface area contributed by atoms with Crippen LogP contribution in [0.5, 0.6) is 5.75 Å². The van der Waals surface area contributed by atoms with Crippen LogP contribution in [0.25, 0.3) is 22.0 Å². The highest BCUT2D eigenvalue weighted by Gasteiger charge is 2.16. The Morgan fingerprint density at radius 1 is 1.11 bits per heavy atom. The highest BCUT2D eigenvalue weighted by molar-refractivity contribution is 6.32. The van der Waals surface area contributed by atoms with E-state index in [-0.39, 0.29) is 23.2 Å². The summed E-state index contributed by atoms with van der Waals surface area (Å²) in [6.45, 7) is 4.79. The first-order valence-corrected chi connectivity index (χ1v) is 12.3. The maximum atomic E-state index is 14.2. The van der Waals surface area contributed by atoms with Crippen molar-refractivity contribution in [3.63, 3.8) is 0 Å². The topological polar surface area (TPSA) is 78.3 Å². The number of Topliss-reactive ketones (excluding diaryl/α,β-unsaturated/α-hetero) is 1. The van der Waals surface area contributed by atoms with Gasteiger partial charge in [0.05, 0.1) is 33.7 Å². The lowest BCUT2D eigenvalue weighted by Crippen LogP contribution is -2.21.